The molecule has 1 unspecified atom stereocenters. The van der Waals surface area contributed by atoms with E-state index in [0.29, 0.717) is 35.5 Å². The number of hydrogen-bond acceptors (Lipinski definition) is 4. The lowest BCUT2D eigenvalue weighted by atomic mass is 10.2. The third kappa shape index (κ3) is 3.27. The summed E-state index contributed by atoms with van der Waals surface area (Å²) < 4.78 is 15.8. The van der Waals surface area contributed by atoms with Gasteiger partial charge in [-0.2, -0.15) is 0 Å². The van der Waals surface area contributed by atoms with Crippen molar-refractivity contribution in [2.24, 2.45) is 0 Å². The highest BCUT2D eigenvalue weighted by Gasteiger charge is 2.16. The summed E-state index contributed by atoms with van der Waals surface area (Å²) in [7, 11) is 2.98. The molecule has 5 heteroatoms. The predicted molar refractivity (Wildman–Crippen MR) is 65.5 cm³/mol. The van der Waals surface area contributed by atoms with Gasteiger partial charge in [-0.05, 0) is 18.6 Å². The molecule has 4 nitrogen and oxygen atoms in total. The topological polar surface area (TPSA) is 44.8 Å². The van der Waals surface area contributed by atoms with E-state index in [1.807, 2.05) is 6.92 Å². The van der Waals surface area contributed by atoms with Crippen molar-refractivity contribution in [3.8, 4) is 17.2 Å². The Hall–Kier alpha value is -1.42. The lowest BCUT2D eigenvalue weighted by molar-refractivity contribution is 0.112. The van der Waals surface area contributed by atoms with Crippen LogP contribution < -0.4 is 14.2 Å². The Kier molecular flexibility index (Phi) is 5.10. The average Bonchev–Trinajstić information content (AvgIpc) is 2.38. The third-order valence-electron chi connectivity index (χ3n) is 2.19. The molecule has 0 saturated carbocycles. The van der Waals surface area contributed by atoms with E-state index < -0.39 is 5.56 Å². The second kappa shape index (κ2) is 6.35. The standard InChI is InChI=1S/C12H15ClO4/c1-4-11(13)17-12-9(15-2)5-8(7-14)6-10(12)16-3/h5-7,11H,4H2,1-3H3. The van der Waals surface area contributed by atoms with Crippen LogP contribution in [0.1, 0.15) is 23.7 Å². The number of alkyl halides is 1. The molecule has 1 aromatic rings. The van der Waals surface area contributed by atoms with Crippen molar-refractivity contribution in [1.29, 1.82) is 0 Å². The minimum absolute atomic E-state index is 0.405. The minimum atomic E-state index is -0.472. The zero-order valence-corrected chi connectivity index (χ0v) is 10.8. The Morgan fingerprint density at radius 2 is 1.82 bits per heavy atom. The van der Waals surface area contributed by atoms with Gasteiger partial charge in [0.25, 0.3) is 0 Å². The molecule has 0 radical (unpaired) electrons. The molecule has 0 aromatic heterocycles. The lowest BCUT2D eigenvalue weighted by Gasteiger charge is -2.17. The van der Waals surface area contributed by atoms with Crippen LogP contribution in [-0.4, -0.2) is 26.1 Å². The molecule has 0 spiro atoms. The Balaban J connectivity index is 3.19. The van der Waals surface area contributed by atoms with Crippen molar-refractivity contribution in [2.75, 3.05) is 14.2 Å². The van der Waals surface area contributed by atoms with Crippen LogP contribution in [0.2, 0.25) is 0 Å². The van der Waals surface area contributed by atoms with Gasteiger partial charge in [0.05, 0.1) is 14.2 Å². The van der Waals surface area contributed by atoms with Gasteiger partial charge >= 0.3 is 0 Å². The largest absolute Gasteiger partial charge is 0.493 e. The van der Waals surface area contributed by atoms with Crippen LogP contribution in [-0.2, 0) is 0 Å². The SMILES string of the molecule is CCC(Cl)Oc1c(OC)cc(C=O)cc1OC. The highest BCUT2D eigenvalue weighted by atomic mass is 35.5. The molecule has 0 aliphatic rings. The maximum Gasteiger partial charge on any atom is 0.205 e. The highest BCUT2D eigenvalue weighted by molar-refractivity contribution is 6.19. The van der Waals surface area contributed by atoms with E-state index in [9.17, 15) is 4.79 Å². The fourth-order valence-corrected chi connectivity index (χ4v) is 1.38. The summed E-state index contributed by atoms with van der Waals surface area (Å²) in [5, 5.41) is 0. The number of carbonyl (C=O) groups is 1. The quantitative estimate of drug-likeness (QED) is 0.581. The van der Waals surface area contributed by atoms with Gasteiger partial charge < -0.3 is 14.2 Å². The summed E-state index contributed by atoms with van der Waals surface area (Å²) in [5.74, 6) is 1.25. The molecule has 1 atom stereocenters. The summed E-state index contributed by atoms with van der Waals surface area (Å²) in [6.45, 7) is 1.90. The van der Waals surface area contributed by atoms with Gasteiger partial charge in [-0.3, -0.25) is 4.79 Å². The van der Waals surface area contributed by atoms with E-state index in [0.717, 1.165) is 0 Å². The van der Waals surface area contributed by atoms with E-state index in [2.05, 4.69) is 0 Å². The van der Waals surface area contributed by atoms with Crippen molar-refractivity contribution in [2.45, 2.75) is 18.9 Å². The minimum Gasteiger partial charge on any atom is -0.493 e. The Bertz CT molecular complexity index is 367. The highest BCUT2D eigenvalue weighted by Crippen LogP contribution is 2.39. The fourth-order valence-electron chi connectivity index (χ4n) is 1.30. The predicted octanol–water partition coefficient (Wildman–Crippen LogP) is 2.87. The molecule has 0 saturated heterocycles. The first-order valence-corrected chi connectivity index (χ1v) is 5.61. The normalized spacial score (nSPS) is 11.8. The molecule has 0 aliphatic carbocycles. The van der Waals surface area contributed by atoms with Gasteiger partial charge in [-0.15, -0.1) is 0 Å². The van der Waals surface area contributed by atoms with Crippen molar-refractivity contribution < 1.29 is 19.0 Å². The molecule has 17 heavy (non-hydrogen) atoms. The molecular weight excluding hydrogens is 244 g/mol. The molecular formula is C12H15ClO4. The van der Waals surface area contributed by atoms with Gasteiger partial charge in [-0.1, -0.05) is 18.5 Å². The zero-order valence-electron chi connectivity index (χ0n) is 10.0. The first-order valence-electron chi connectivity index (χ1n) is 5.18. The van der Waals surface area contributed by atoms with E-state index >= 15 is 0 Å². The monoisotopic (exact) mass is 258 g/mol. The van der Waals surface area contributed by atoms with Crippen LogP contribution in [0.4, 0.5) is 0 Å². The van der Waals surface area contributed by atoms with Crippen LogP contribution in [0.3, 0.4) is 0 Å². The second-order valence-corrected chi connectivity index (χ2v) is 3.80. The molecule has 0 bridgehead atoms. The first-order chi connectivity index (χ1) is 8.15. The molecule has 0 aliphatic heterocycles. The van der Waals surface area contributed by atoms with E-state index in [1.54, 1.807) is 12.1 Å². The molecule has 1 rings (SSSR count). The van der Waals surface area contributed by atoms with Crippen molar-refractivity contribution in [3.05, 3.63) is 17.7 Å². The van der Waals surface area contributed by atoms with Crippen LogP contribution >= 0.6 is 11.6 Å². The summed E-state index contributed by atoms with van der Waals surface area (Å²) in [5.41, 5.74) is -0.0199. The summed E-state index contributed by atoms with van der Waals surface area (Å²) in [6.07, 6.45) is 1.36. The Morgan fingerprint density at radius 3 is 2.18 bits per heavy atom. The van der Waals surface area contributed by atoms with E-state index in [4.69, 9.17) is 25.8 Å². The number of carbonyl (C=O) groups excluding carboxylic acids is 1. The second-order valence-electron chi connectivity index (χ2n) is 3.31. The van der Waals surface area contributed by atoms with Crippen LogP contribution in [0.15, 0.2) is 12.1 Å². The molecule has 1 aromatic carbocycles. The fraction of sp³-hybridized carbons (Fsp3) is 0.417. The maximum absolute atomic E-state index is 10.8. The molecule has 0 heterocycles. The molecule has 0 amide bonds. The molecule has 0 fully saturated rings. The Morgan fingerprint density at radius 1 is 1.29 bits per heavy atom. The molecule has 0 N–H and O–H groups in total. The maximum atomic E-state index is 10.8. The number of ether oxygens (including phenoxy) is 3. The summed E-state index contributed by atoms with van der Waals surface area (Å²) in [6, 6.07) is 3.15. The van der Waals surface area contributed by atoms with Gasteiger partial charge in [0.1, 0.15) is 6.29 Å². The lowest BCUT2D eigenvalue weighted by Crippen LogP contribution is -2.09. The molecule has 94 valence electrons. The van der Waals surface area contributed by atoms with Crippen molar-refractivity contribution in [1.82, 2.24) is 0 Å². The van der Waals surface area contributed by atoms with E-state index in [-0.39, 0.29) is 0 Å². The first kappa shape index (κ1) is 13.6. The van der Waals surface area contributed by atoms with E-state index in [1.165, 1.54) is 14.2 Å². The number of hydrogen-bond donors (Lipinski definition) is 0. The van der Waals surface area contributed by atoms with Crippen molar-refractivity contribution in [3.63, 3.8) is 0 Å². The summed E-state index contributed by atoms with van der Waals surface area (Å²) >= 11 is 5.93. The van der Waals surface area contributed by atoms with Crippen LogP contribution in [0, 0.1) is 0 Å². The summed E-state index contributed by atoms with van der Waals surface area (Å²) in [4.78, 5) is 10.8. The van der Waals surface area contributed by atoms with Gasteiger partial charge in [0.15, 0.2) is 17.1 Å². The zero-order chi connectivity index (χ0) is 12.8. The number of methoxy groups -OCH3 is 2. The number of halogens is 1. The smallest absolute Gasteiger partial charge is 0.205 e. The number of benzene rings is 1. The average molecular weight is 259 g/mol. The third-order valence-corrected chi connectivity index (χ3v) is 2.58. The van der Waals surface area contributed by atoms with Crippen LogP contribution in [0.5, 0.6) is 17.2 Å². The Labute approximate surface area is 105 Å². The number of rotatable bonds is 6. The van der Waals surface area contributed by atoms with Gasteiger partial charge in [0, 0.05) is 5.56 Å². The van der Waals surface area contributed by atoms with Crippen LogP contribution in [0.25, 0.3) is 0 Å². The van der Waals surface area contributed by atoms with Crippen molar-refractivity contribution >= 4 is 17.9 Å². The number of aldehydes is 1. The van der Waals surface area contributed by atoms with Gasteiger partial charge in [-0.25, -0.2) is 0 Å². The van der Waals surface area contributed by atoms with Gasteiger partial charge in [0.2, 0.25) is 5.75 Å².